The highest BCUT2D eigenvalue weighted by Gasteiger charge is 2.16. The number of nitrogens with zero attached hydrogens (tertiary/aromatic N) is 1. The molecule has 0 atom stereocenters. The molecule has 0 fully saturated rings. The quantitative estimate of drug-likeness (QED) is 0.400. The molecule has 0 aliphatic heterocycles. The first kappa shape index (κ1) is 23.5. The standard InChI is InChI=1S/C24H24FN3O5/c1-3-28(4-2)19-11-7-17(8-12-19)23(30)27-26-22(29)15-32-24(31)21-14-13-20(33-21)16-5-9-18(25)10-6-16/h5-14H,3-4,15H2,1-2H3,(H,26,29)(H,27,30). The average molecular weight is 453 g/mol. The van der Waals surface area contributed by atoms with Gasteiger partial charge in [0.15, 0.2) is 6.61 Å². The van der Waals surface area contributed by atoms with Crippen molar-refractivity contribution in [1.82, 2.24) is 10.9 Å². The van der Waals surface area contributed by atoms with Crippen molar-refractivity contribution in [2.24, 2.45) is 0 Å². The number of benzene rings is 2. The van der Waals surface area contributed by atoms with Crippen LogP contribution in [0.15, 0.2) is 65.1 Å². The Hall–Kier alpha value is -4.14. The summed E-state index contributed by atoms with van der Waals surface area (Å²) in [6.45, 7) is 5.17. The minimum atomic E-state index is -0.850. The van der Waals surface area contributed by atoms with Crippen molar-refractivity contribution in [3.05, 3.63) is 77.8 Å². The minimum Gasteiger partial charge on any atom is -0.450 e. The number of nitrogens with one attached hydrogen (secondary N) is 2. The van der Waals surface area contributed by atoms with E-state index in [0.29, 0.717) is 16.9 Å². The number of hydrogen-bond acceptors (Lipinski definition) is 6. The van der Waals surface area contributed by atoms with Crippen LogP contribution in [0.2, 0.25) is 0 Å². The van der Waals surface area contributed by atoms with Gasteiger partial charge < -0.3 is 14.1 Å². The lowest BCUT2D eigenvalue weighted by Gasteiger charge is -2.21. The summed E-state index contributed by atoms with van der Waals surface area (Å²) in [5, 5.41) is 0. The molecular formula is C24H24FN3O5. The molecule has 172 valence electrons. The zero-order valence-electron chi connectivity index (χ0n) is 18.3. The predicted octanol–water partition coefficient (Wildman–Crippen LogP) is 3.55. The Bertz CT molecular complexity index is 1110. The Balaban J connectivity index is 1.46. The predicted molar refractivity (Wildman–Crippen MR) is 120 cm³/mol. The number of amides is 2. The molecule has 0 bridgehead atoms. The number of esters is 1. The molecular weight excluding hydrogens is 429 g/mol. The molecule has 0 aliphatic carbocycles. The van der Waals surface area contributed by atoms with Gasteiger partial charge >= 0.3 is 5.97 Å². The van der Waals surface area contributed by atoms with Crippen LogP contribution in [0, 0.1) is 5.82 Å². The van der Waals surface area contributed by atoms with E-state index in [1.54, 1.807) is 12.1 Å². The Morgan fingerprint density at radius 3 is 2.21 bits per heavy atom. The van der Waals surface area contributed by atoms with Gasteiger partial charge in [-0.05, 0) is 74.5 Å². The fourth-order valence-corrected chi connectivity index (χ4v) is 3.07. The molecule has 0 aliphatic rings. The SMILES string of the molecule is CCN(CC)c1ccc(C(=O)NNC(=O)COC(=O)c2ccc(-c3ccc(F)cc3)o2)cc1. The van der Waals surface area contributed by atoms with Gasteiger partial charge in [0.2, 0.25) is 5.76 Å². The van der Waals surface area contributed by atoms with Crippen LogP contribution in [-0.4, -0.2) is 37.5 Å². The molecule has 2 amide bonds. The number of hydrogen-bond donors (Lipinski definition) is 2. The van der Waals surface area contributed by atoms with Gasteiger partial charge in [-0.15, -0.1) is 0 Å². The van der Waals surface area contributed by atoms with E-state index < -0.39 is 24.4 Å². The van der Waals surface area contributed by atoms with Crippen molar-refractivity contribution in [1.29, 1.82) is 0 Å². The monoisotopic (exact) mass is 453 g/mol. The molecule has 33 heavy (non-hydrogen) atoms. The summed E-state index contributed by atoms with van der Waals surface area (Å²) in [4.78, 5) is 38.4. The van der Waals surface area contributed by atoms with Gasteiger partial charge in [-0.2, -0.15) is 0 Å². The lowest BCUT2D eigenvalue weighted by molar-refractivity contribution is -0.125. The smallest absolute Gasteiger partial charge is 0.374 e. The number of hydrazine groups is 1. The highest BCUT2D eigenvalue weighted by atomic mass is 19.1. The third-order valence-electron chi connectivity index (χ3n) is 4.84. The number of carbonyl (C=O) groups excluding carboxylic acids is 3. The van der Waals surface area contributed by atoms with Gasteiger partial charge in [-0.1, -0.05) is 0 Å². The first-order valence-electron chi connectivity index (χ1n) is 10.4. The summed E-state index contributed by atoms with van der Waals surface area (Å²) >= 11 is 0. The summed E-state index contributed by atoms with van der Waals surface area (Å²) in [6.07, 6.45) is 0. The van der Waals surface area contributed by atoms with Gasteiger partial charge in [0.25, 0.3) is 11.8 Å². The highest BCUT2D eigenvalue weighted by molar-refractivity contribution is 5.96. The average Bonchev–Trinajstić information content (AvgIpc) is 3.33. The second-order valence-electron chi connectivity index (χ2n) is 6.97. The largest absolute Gasteiger partial charge is 0.450 e. The zero-order valence-corrected chi connectivity index (χ0v) is 18.3. The van der Waals surface area contributed by atoms with E-state index >= 15 is 0 Å². The molecule has 0 unspecified atom stereocenters. The molecule has 1 aromatic heterocycles. The maximum atomic E-state index is 13.0. The highest BCUT2D eigenvalue weighted by Crippen LogP contribution is 2.22. The van der Waals surface area contributed by atoms with E-state index in [1.807, 2.05) is 26.0 Å². The first-order chi connectivity index (χ1) is 15.9. The van der Waals surface area contributed by atoms with Crippen molar-refractivity contribution in [3.8, 4) is 11.3 Å². The fraction of sp³-hybridized carbons (Fsp3) is 0.208. The normalized spacial score (nSPS) is 10.4. The van der Waals surface area contributed by atoms with Crippen molar-refractivity contribution in [3.63, 3.8) is 0 Å². The molecule has 8 nitrogen and oxygen atoms in total. The summed E-state index contributed by atoms with van der Waals surface area (Å²) in [6, 6.07) is 15.5. The zero-order chi connectivity index (χ0) is 23.8. The molecule has 0 spiro atoms. The third-order valence-corrected chi connectivity index (χ3v) is 4.84. The molecule has 2 aromatic carbocycles. The van der Waals surface area contributed by atoms with Gasteiger partial charge in [0.1, 0.15) is 11.6 Å². The van der Waals surface area contributed by atoms with Crippen LogP contribution in [0.4, 0.5) is 10.1 Å². The van der Waals surface area contributed by atoms with E-state index in [4.69, 9.17) is 9.15 Å². The van der Waals surface area contributed by atoms with Crippen LogP contribution in [0.3, 0.4) is 0 Å². The maximum Gasteiger partial charge on any atom is 0.374 e. The van der Waals surface area contributed by atoms with Crippen LogP contribution < -0.4 is 15.8 Å². The molecule has 1 heterocycles. The van der Waals surface area contributed by atoms with Crippen molar-refractivity contribution in [2.45, 2.75) is 13.8 Å². The molecule has 0 radical (unpaired) electrons. The summed E-state index contributed by atoms with van der Waals surface area (Å²) in [7, 11) is 0. The topological polar surface area (TPSA) is 101 Å². The van der Waals surface area contributed by atoms with E-state index in [2.05, 4.69) is 15.8 Å². The molecule has 9 heteroatoms. The number of furan rings is 1. The van der Waals surface area contributed by atoms with Gasteiger partial charge in [0, 0.05) is 29.9 Å². The summed E-state index contributed by atoms with van der Waals surface area (Å²) in [5.41, 5.74) is 6.41. The van der Waals surface area contributed by atoms with E-state index in [9.17, 15) is 18.8 Å². The second kappa shape index (κ2) is 10.9. The van der Waals surface area contributed by atoms with E-state index in [-0.39, 0.29) is 11.6 Å². The molecule has 3 aromatic rings. The van der Waals surface area contributed by atoms with Crippen molar-refractivity contribution >= 4 is 23.5 Å². The number of carbonyl (C=O) groups is 3. The molecule has 2 N–H and O–H groups in total. The molecule has 0 saturated heterocycles. The number of ether oxygens (including phenoxy) is 1. The number of halogens is 1. The van der Waals surface area contributed by atoms with E-state index in [0.717, 1.165) is 18.8 Å². The second-order valence-corrected chi connectivity index (χ2v) is 6.97. The van der Waals surface area contributed by atoms with E-state index in [1.165, 1.54) is 36.4 Å². The maximum absolute atomic E-state index is 13.0. The van der Waals surface area contributed by atoms with Gasteiger partial charge in [0.05, 0.1) is 0 Å². The van der Waals surface area contributed by atoms with Gasteiger partial charge in [-0.25, -0.2) is 9.18 Å². The lowest BCUT2D eigenvalue weighted by atomic mass is 10.2. The van der Waals surface area contributed by atoms with Crippen molar-refractivity contribution in [2.75, 3.05) is 24.6 Å². The Morgan fingerprint density at radius 1 is 0.909 bits per heavy atom. The van der Waals surface area contributed by atoms with Crippen LogP contribution >= 0.6 is 0 Å². The van der Waals surface area contributed by atoms with Crippen molar-refractivity contribution < 1.29 is 27.9 Å². The fourth-order valence-electron chi connectivity index (χ4n) is 3.07. The third kappa shape index (κ3) is 6.19. The van der Waals surface area contributed by atoms with Crippen LogP contribution in [-0.2, 0) is 9.53 Å². The number of rotatable bonds is 8. The lowest BCUT2D eigenvalue weighted by Crippen LogP contribution is -2.43. The Labute approximate surface area is 190 Å². The van der Waals surface area contributed by atoms with Crippen LogP contribution in [0.25, 0.3) is 11.3 Å². The van der Waals surface area contributed by atoms with Crippen LogP contribution in [0.1, 0.15) is 34.8 Å². The van der Waals surface area contributed by atoms with Crippen LogP contribution in [0.5, 0.6) is 0 Å². The summed E-state index contributed by atoms with van der Waals surface area (Å²) < 4.78 is 23.3. The minimum absolute atomic E-state index is 0.112. The number of anilines is 1. The molecule has 0 saturated carbocycles. The Morgan fingerprint density at radius 2 is 1.58 bits per heavy atom. The molecule has 3 rings (SSSR count). The Kier molecular flexibility index (Phi) is 7.80. The van der Waals surface area contributed by atoms with Gasteiger partial charge in [-0.3, -0.25) is 20.4 Å². The first-order valence-corrected chi connectivity index (χ1v) is 10.4. The summed E-state index contributed by atoms with van der Waals surface area (Å²) in [5.74, 6) is -2.22.